The fraction of sp³-hybridized carbons (Fsp3) is 0.923. The lowest BCUT2D eigenvalue weighted by molar-refractivity contribution is -0.130. The Morgan fingerprint density at radius 2 is 1.88 bits per heavy atom. The Bertz CT molecular complexity index is 225. The molecule has 0 saturated carbocycles. The monoisotopic (exact) mass is 226 g/mol. The number of hydrogen-bond donors (Lipinski definition) is 1. The molecule has 0 aromatic carbocycles. The van der Waals surface area contributed by atoms with Gasteiger partial charge in [-0.2, -0.15) is 0 Å². The van der Waals surface area contributed by atoms with Crippen molar-refractivity contribution >= 4 is 5.91 Å². The van der Waals surface area contributed by atoms with Crippen molar-refractivity contribution in [3.63, 3.8) is 0 Å². The summed E-state index contributed by atoms with van der Waals surface area (Å²) in [7, 11) is 0. The number of hydrogen-bond acceptors (Lipinski definition) is 2. The fourth-order valence-corrected chi connectivity index (χ4v) is 2.19. The van der Waals surface area contributed by atoms with Crippen LogP contribution in [-0.4, -0.2) is 36.0 Å². The molecule has 1 amide bonds. The molecule has 1 aliphatic heterocycles. The second kappa shape index (κ2) is 5.67. The molecule has 0 aliphatic carbocycles. The number of carbonyl (C=O) groups is 1. The predicted molar refractivity (Wildman–Crippen MR) is 67.4 cm³/mol. The zero-order valence-electron chi connectivity index (χ0n) is 11.2. The number of nitrogens with zero attached hydrogens (tertiary/aromatic N) is 1. The molecule has 1 aliphatic rings. The van der Waals surface area contributed by atoms with Gasteiger partial charge in [-0.15, -0.1) is 0 Å². The van der Waals surface area contributed by atoms with Crippen LogP contribution in [0.25, 0.3) is 0 Å². The molecule has 3 nitrogen and oxygen atoms in total. The van der Waals surface area contributed by atoms with Gasteiger partial charge in [0, 0.05) is 25.6 Å². The predicted octanol–water partition coefficient (Wildman–Crippen LogP) is 2.02. The SMILES string of the molecule is CC(=O)N1CCC(CCNC(C)(C)C)CC1. The highest BCUT2D eigenvalue weighted by Crippen LogP contribution is 2.20. The summed E-state index contributed by atoms with van der Waals surface area (Å²) in [6.45, 7) is 11.3. The maximum Gasteiger partial charge on any atom is 0.219 e. The van der Waals surface area contributed by atoms with Crippen LogP contribution >= 0.6 is 0 Å². The van der Waals surface area contributed by atoms with E-state index in [-0.39, 0.29) is 11.4 Å². The molecule has 0 bridgehead atoms. The summed E-state index contributed by atoms with van der Waals surface area (Å²) in [6, 6.07) is 0. The molecule has 94 valence electrons. The van der Waals surface area contributed by atoms with E-state index in [1.54, 1.807) is 6.92 Å². The lowest BCUT2D eigenvalue weighted by Crippen LogP contribution is -2.40. The Balaban J connectivity index is 2.15. The van der Waals surface area contributed by atoms with E-state index in [0.717, 1.165) is 25.6 Å². The van der Waals surface area contributed by atoms with Gasteiger partial charge in [0.1, 0.15) is 0 Å². The molecule has 1 saturated heterocycles. The highest BCUT2D eigenvalue weighted by molar-refractivity contribution is 5.73. The van der Waals surface area contributed by atoms with Crippen molar-refractivity contribution in [3.05, 3.63) is 0 Å². The van der Waals surface area contributed by atoms with E-state index >= 15 is 0 Å². The van der Waals surface area contributed by atoms with Gasteiger partial charge in [0.05, 0.1) is 0 Å². The Morgan fingerprint density at radius 3 is 2.31 bits per heavy atom. The normalized spacial score (nSPS) is 18.9. The lowest BCUT2D eigenvalue weighted by atomic mass is 9.93. The Labute approximate surface area is 99.6 Å². The molecular formula is C13H26N2O. The average molecular weight is 226 g/mol. The largest absolute Gasteiger partial charge is 0.343 e. The van der Waals surface area contributed by atoms with Crippen molar-refractivity contribution < 1.29 is 4.79 Å². The van der Waals surface area contributed by atoms with Crippen LogP contribution in [0.2, 0.25) is 0 Å². The van der Waals surface area contributed by atoms with Crippen molar-refractivity contribution in [1.29, 1.82) is 0 Å². The van der Waals surface area contributed by atoms with Crippen molar-refractivity contribution in [2.45, 2.75) is 52.5 Å². The fourth-order valence-electron chi connectivity index (χ4n) is 2.19. The van der Waals surface area contributed by atoms with Gasteiger partial charge in [-0.3, -0.25) is 4.79 Å². The molecular weight excluding hydrogens is 200 g/mol. The number of likely N-dealkylation sites (tertiary alicyclic amines) is 1. The van der Waals surface area contributed by atoms with Crippen LogP contribution in [0.3, 0.4) is 0 Å². The molecule has 0 aromatic rings. The molecule has 16 heavy (non-hydrogen) atoms. The van der Waals surface area contributed by atoms with Crippen LogP contribution in [0.5, 0.6) is 0 Å². The summed E-state index contributed by atoms with van der Waals surface area (Å²) in [5, 5.41) is 3.52. The summed E-state index contributed by atoms with van der Waals surface area (Å²) in [5.74, 6) is 1.02. The molecule has 1 N–H and O–H groups in total. The molecule has 1 rings (SSSR count). The Morgan fingerprint density at radius 1 is 1.31 bits per heavy atom. The molecule has 0 spiro atoms. The van der Waals surface area contributed by atoms with Crippen molar-refractivity contribution in [2.24, 2.45) is 5.92 Å². The van der Waals surface area contributed by atoms with Crippen molar-refractivity contribution in [3.8, 4) is 0 Å². The van der Waals surface area contributed by atoms with Gasteiger partial charge in [-0.1, -0.05) is 0 Å². The second-order valence-corrected chi connectivity index (χ2v) is 5.91. The van der Waals surface area contributed by atoms with Gasteiger partial charge in [0.15, 0.2) is 0 Å². The average Bonchev–Trinajstić information content (AvgIpc) is 2.16. The van der Waals surface area contributed by atoms with Crippen LogP contribution in [0.4, 0.5) is 0 Å². The summed E-state index contributed by atoms with van der Waals surface area (Å²) in [6.07, 6.45) is 3.58. The lowest BCUT2D eigenvalue weighted by Gasteiger charge is -2.32. The van der Waals surface area contributed by atoms with Crippen molar-refractivity contribution in [2.75, 3.05) is 19.6 Å². The number of carbonyl (C=O) groups excluding carboxylic acids is 1. The molecule has 3 heteroatoms. The standard InChI is InChI=1S/C13H26N2O/c1-11(16)15-9-6-12(7-10-15)5-8-14-13(2,3)4/h12,14H,5-10H2,1-4H3. The van der Waals surface area contributed by atoms with Gasteiger partial charge >= 0.3 is 0 Å². The highest BCUT2D eigenvalue weighted by atomic mass is 16.2. The van der Waals surface area contributed by atoms with Crippen molar-refractivity contribution in [1.82, 2.24) is 10.2 Å². The molecule has 0 atom stereocenters. The van der Waals surface area contributed by atoms with Crippen LogP contribution < -0.4 is 5.32 Å². The quantitative estimate of drug-likeness (QED) is 0.798. The van der Waals surface area contributed by atoms with Gasteiger partial charge in [0.25, 0.3) is 0 Å². The summed E-state index contributed by atoms with van der Waals surface area (Å²) in [5.41, 5.74) is 0.222. The zero-order chi connectivity index (χ0) is 12.2. The number of rotatable bonds is 3. The van der Waals surface area contributed by atoms with E-state index in [0.29, 0.717) is 0 Å². The highest BCUT2D eigenvalue weighted by Gasteiger charge is 2.20. The maximum atomic E-state index is 11.2. The first-order chi connectivity index (χ1) is 7.38. The van der Waals surface area contributed by atoms with Crippen LogP contribution in [0, 0.1) is 5.92 Å². The van der Waals surface area contributed by atoms with Gasteiger partial charge in [-0.25, -0.2) is 0 Å². The van der Waals surface area contributed by atoms with Crippen LogP contribution in [0.1, 0.15) is 47.0 Å². The number of piperidine rings is 1. The molecule has 1 heterocycles. The molecule has 0 aromatic heterocycles. The summed E-state index contributed by atoms with van der Waals surface area (Å²) < 4.78 is 0. The van der Waals surface area contributed by atoms with Crippen LogP contribution in [-0.2, 0) is 4.79 Å². The minimum atomic E-state index is 0.222. The first-order valence-electron chi connectivity index (χ1n) is 6.39. The number of nitrogens with one attached hydrogen (secondary N) is 1. The minimum absolute atomic E-state index is 0.222. The van der Waals surface area contributed by atoms with Crippen LogP contribution in [0.15, 0.2) is 0 Å². The third kappa shape index (κ3) is 4.97. The maximum absolute atomic E-state index is 11.2. The summed E-state index contributed by atoms with van der Waals surface area (Å²) in [4.78, 5) is 13.1. The van der Waals surface area contributed by atoms with E-state index in [4.69, 9.17) is 0 Å². The second-order valence-electron chi connectivity index (χ2n) is 5.91. The van der Waals surface area contributed by atoms with E-state index in [2.05, 4.69) is 26.1 Å². The molecule has 1 fully saturated rings. The number of amides is 1. The first-order valence-corrected chi connectivity index (χ1v) is 6.39. The Kier molecular flexibility index (Phi) is 4.78. The van der Waals surface area contributed by atoms with E-state index in [9.17, 15) is 4.79 Å². The molecule has 0 unspecified atom stereocenters. The van der Waals surface area contributed by atoms with Gasteiger partial charge < -0.3 is 10.2 Å². The van der Waals surface area contributed by atoms with E-state index in [1.165, 1.54) is 19.3 Å². The summed E-state index contributed by atoms with van der Waals surface area (Å²) >= 11 is 0. The van der Waals surface area contributed by atoms with Gasteiger partial charge in [0.2, 0.25) is 5.91 Å². The van der Waals surface area contributed by atoms with E-state index in [1.807, 2.05) is 4.90 Å². The smallest absolute Gasteiger partial charge is 0.219 e. The van der Waals surface area contributed by atoms with Gasteiger partial charge in [-0.05, 0) is 52.5 Å². The Hall–Kier alpha value is -0.570. The topological polar surface area (TPSA) is 32.3 Å². The zero-order valence-corrected chi connectivity index (χ0v) is 11.2. The third-order valence-corrected chi connectivity index (χ3v) is 3.27. The third-order valence-electron chi connectivity index (χ3n) is 3.27. The van der Waals surface area contributed by atoms with E-state index < -0.39 is 0 Å². The first kappa shape index (κ1) is 13.5. The minimum Gasteiger partial charge on any atom is -0.343 e. The molecule has 0 radical (unpaired) electrons.